The molecule has 1 unspecified atom stereocenters. The molecule has 0 rings (SSSR count). The number of hydrogen-bond acceptors (Lipinski definition) is 5. The van der Waals surface area contributed by atoms with Crippen LogP contribution in [0.1, 0.15) is 84.5 Å². The van der Waals surface area contributed by atoms with Crippen molar-refractivity contribution in [2.45, 2.75) is 90.7 Å². The summed E-state index contributed by atoms with van der Waals surface area (Å²) in [6.07, 6.45) is 9.92. The lowest BCUT2D eigenvalue weighted by atomic mass is 10.1. The second-order valence-corrected chi connectivity index (χ2v) is 6.44. The van der Waals surface area contributed by atoms with Crippen molar-refractivity contribution >= 4 is 5.91 Å². The standard InChI is InChI=1S/C15H30ClNO5/c1-3-5-6-7-8-9-10-11-12-13-14(18)17-15(4-2)22-16(19,20)21/h15H,3-13H2,1-2H3,(H,17,18). The van der Waals surface area contributed by atoms with Crippen LogP contribution in [0, 0.1) is 10.2 Å². The molecule has 22 heavy (non-hydrogen) atoms. The van der Waals surface area contributed by atoms with E-state index in [9.17, 15) is 18.8 Å². The van der Waals surface area contributed by atoms with Crippen LogP contribution < -0.4 is 19.3 Å². The average Bonchev–Trinajstić information content (AvgIpc) is 2.43. The van der Waals surface area contributed by atoms with Crippen molar-refractivity contribution in [3.63, 3.8) is 0 Å². The summed E-state index contributed by atoms with van der Waals surface area (Å²) in [6, 6.07) is 0. The molecular weight excluding hydrogens is 310 g/mol. The maximum absolute atomic E-state index is 11.6. The Morgan fingerprint density at radius 2 is 1.45 bits per heavy atom. The Morgan fingerprint density at radius 3 is 1.91 bits per heavy atom. The minimum absolute atomic E-state index is 0.220. The van der Waals surface area contributed by atoms with Crippen LogP contribution in [-0.4, -0.2) is 12.1 Å². The minimum Gasteiger partial charge on any atom is -0.317 e. The summed E-state index contributed by atoms with van der Waals surface area (Å²) in [6.45, 7) is 3.83. The van der Waals surface area contributed by atoms with Gasteiger partial charge in [-0.05, 0) is 6.42 Å². The summed E-state index contributed by atoms with van der Waals surface area (Å²) in [5.41, 5.74) is 0. The third kappa shape index (κ3) is 14.5. The van der Waals surface area contributed by atoms with Gasteiger partial charge in [-0.25, -0.2) is 0 Å². The van der Waals surface area contributed by atoms with Crippen LogP contribution in [0.25, 0.3) is 0 Å². The van der Waals surface area contributed by atoms with Crippen LogP contribution >= 0.6 is 0 Å². The summed E-state index contributed by atoms with van der Waals surface area (Å²) < 4.78 is 35.6. The molecule has 0 saturated heterocycles. The van der Waals surface area contributed by atoms with E-state index in [0.717, 1.165) is 19.3 Å². The SMILES string of the molecule is CCCCCCCCCCCC(=O)NC(CC)O[Cl+3]([O-])([O-])[O-]. The number of amides is 1. The predicted molar refractivity (Wildman–Crippen MR) is 75.2 cm³/mol. The van der Waals surface area contributed by atoms with Crippen molar-refractivity contribution < 1.29 is 33.3 Å². The van der Waals surface area contributed by atoms with Crippen LogP contribution in [0.5, 0.6) is 0 Å². The third-order valence-electron chi connectivity index (χ3n) is 3.42. The maximum atomic E-state index is 11.6. The van der Waals surface area contributed by atoms with Crippen molar-refractivity contribution in [3.8, 4) is 0 Å². The van der Waals surface area contributed by atoms with E-state index in [1.165, 1.54) is 38.5 Å². The fourth-order valence-corrected chi connectivity index (χ4v) is 2.60. The zero-order chi connectivity index (χ0) is 16.8. The summed E-state index contributed by atoms with van der Waals surface area (Å²) in [7, 11) is -4.51. The number of halogens is 1. The van der Waals surface area contributed by atoms with Gasteiger partial charge in [-0.2, -0.15) is 14.0 Å². The monoisotopic (exact) mass is 339 g/mol. The molecule has 0 heterocycles. The number of unbranched alkanes of at least 4 members (excludes halogenated alkanes) is 8. The van der Waals surface area contributed by atoms with Gasteiger partial charge in [0.25, 0.3) is 6.23 Å². The van der Waals surface area contributed by atoms with Crippen molar-refractivity contribution in [1.29, 1.82) is 0 Å². The molecule has 0 aromatic rings. The molecule has 0 aliphatic carbocycles. The highest BCUT2D eigenvalue weighted by Gasteiger charge is 2.28. The minimum atomic E-state index is -4.51. The number of rotatable bonds is 14. The lowest BCUT2D eigenvalue weighted by Gasteiger charge is -2.18. The van der Waals surface area contributed by atoms with Gasteiger partial charge >= 0.3 is 0 Å². The molecule has 1 N–H and O–H groups in total. The van der Waals surface area contributed by atoms with Crippen LogP contribution in [0.15, 0.2) is 0 Å². The first kappa shape index (κ1) is 21.6. The molecule has 0 aromatic heterocycles. The van der Waals surface area contributed by atoms with Crippen LogP contribution in [-0.2, 0) is 9.08 Å². The van der Waals surface area contributed by atoms with Crippen molar-refractivity contribution in [2.24, 2.45) is 0 Å². The third-order valence-corrected chi connectivity index (χ3v) is 3.85. The Kier molecular flexibility index (Phi) is 12.8. The molecule has 1 atom stereocenters. The molecule has 7 heteroatoms. The normalized spacial score (nSPS) is 13.1. The van der Waals surface area contributed by atoms with E-state index >= 15 is 0 Å². The molecule has 0 aromatic carbocycles. The van der Waals surface area contributed by atoms with E-state index in [0.29, 0.717) is 6.42 Å². The van der Waals surface area contributed by atoms with Crippen LogP contribution in [0.2, 0.25) is 0 Å². The molecule has 0 saturated carbocycles. The van der Waals surface area contributed by atoms with E-state index in [4.69, 9.17) is 0 Å². The van der Waals surface area contributed by atoms with Gasteiger partial charge in [0.15, 0.2) is 0 Å². The van der Waals surface area contributed by atoms with Gasteiger partial charge in [0.2, 0.25) is 5.91 Å². The predicted octanol–water partition coefficient (Wildman–Crippen LogP) is 0.674. The van der Waals surface area contributed by atoms with E-state index in [1.807, 2.05) is 0 Å². The van der Waals surface area contributed by atoms with Crippen molar-refractivity contribution in [1.82, 2.24) is 5.32 Å². The molecule has 0 aliphatic rings. The lowest BCUT2D eigenvalue weighted by molar-refractivity contribution is -1.92. The van der Waals surface area contributed by atoms with Gasteiger partial charge in [-0.3, -0.25) is 4.79 Å². The zero-order valence-corrected chi connectivity index (χ0v) is 14.5. The van der Waals surface area contributed by atoms with Crippen molar-refractivity contribution in [3.05, 3.63) is 0 Å². The van der Waals surface area contributed by atoms with E-state index in [1.54, 1.807) is 6.92 Å². The Bertz CT molecular complexity index is 284. The Morgan fingerprint density at radius 1 is 0.955 bits per heavy atom. The first-order valence-electron chi connectivity index (χ1n) is 8.27. The van der Waals surface area contributed by atoms with Gasteiger partial charge in [-0.15, -0.1) is 0 Å². The van der Waals surface area contributed by atoms with Gasteiger partial charge in [-0.1, -0.05) is 65.2 Å². The first-order chi connectivity index (χ1) is 10.4. The zero-order valence-electron chi connectivity index (χ0n) is 13.8. The lowest BCUT2D eigenvalue weighted by Crippen LogP contribution is -2.63. The van der Waals surface area contributed by atoms with Crippen LogP contribution in [0.4, 0.5) is 0 Å². The second kappa shape index (κ2) is 13.1. The smallest absolute Gasteiger partial charge is 0.286 e. The molecule has 0 bridgehead atoms. The van der Waals surface area contributed by atoms with Crippen LogP contribution in [0.3, 0.4) is 0 Å². The summed E-state index contributed by atoms with van der Waals surface area (Å²) in [4.78, 5) is 11.6. The summed E-state index contributed by atoms with van der Waals surface area (Å²) in [5, 5.41) is 2.40. The molecule has 0 spiro atoms. The Labute approximate surface area is 136 Å². The molecule has 132 valence electrons. The fourth-order valence-electron chi connectivity index (χ4n) is 2.17. The number of hydrogen-bond donors (Lipinski definition) is 1. The topological polar surface area (TPSA) is 108 Å². The first-order valence-corrected chi connectivity index (χ1v) is 9.51. The van der Waals surface area contributed by atoms with Gasteiger partial charge < -0.3 is 5.32 Å². The molecule has 1 amide bonds. The fraction of sp³-hybridized carbons (Fsp3) is 0.933. The largest absolute Gasteiger partial charge is 0.317 e. The molecular formula is C15H30ClNO5. The molecule has 6 nitrogen and oxygen atoms in total. The van der Waals surface area contributed by atoms with E-state index in [2.05, 4.69) is 16.5 Å². The van der Waals surface area contributed by atoms with Crippen molar-refractivity contribution in [2.75, 3.05) is 0 Å². The number of carbonyl (C=O) groups excluding carboxylic acids is 1. The van der Waals surface area contributed by atoms with E-state index in [-0.39, 0.29) is 12.3 Å². The molecule has 0 aliphatic heterocycles. The van der Waals surface area contributed by atoms with E-state index < -0.39 is 16.5 Å². The molecule has 0 radical (unpaired) electrons. The number of nitrogens with one attached hydrogen (secondary N) is 1. The highest BCUT2D eigenvalue weighted by Crippen LogP contribution is 2.10. The highest BCUT2D eigenvalue weighted by molar-refractivity contribution is 5.75. The quantitative estimate of drug-likeness (QED) is 0.370. The summed E-state index contributed by atoms with van der Waals surface area (Å²) in [5.74, 6) is -0.284. The Balaban J connectivity index is 3.56. The highest BCUT2D eigenvalue weighted by atomic mass is 35.7. The van der Waals surface area contributed by atoms with Gasteiger partial charge in [0.1, 0.15) is 0 Å². The summed E-state index contributed by atoms with van der Waals surface area (Å²) >= 11 is 0. The van der Waals surface area contributed by atoms with Gasteiger partial charge in [0, 0.05) is 12.8 Å². The molecule has 0 fully saturated rings. The Hall–Kier alpha value is -0.400. The average molecular weight is 340 g/mol. The second-order valence-electron chi connectivity index (χ2n) is 5.51. The number of carbonyl (C=O) groups is 1. The maximum Gasteiger partial charge on any atom is 0.286 e. The van der Waals surface area contributed by atoms with Gasteiger partial charge in [0.05, 0.1) is 14.5 Å².